The number of hydrogen-bond donors (Lipinski definition) is 1. The highest BCUT2D eigenvalue weighted by molar-refractivity contribution is 5.21. The van der Waals surface area contributed by atoms with Gasteiger partial charge in [0.25, 0.3) is 0 Å². The molecule has 0 spiro atoms. The van der Waals surface area contributed by atoms with Crippen LogP contribution in [0.4, 0.5) is 4.39 Å². The second-order valence-corrected chi connectivity index (χ2v) is 5.91. The molecule has 100 valence electrons. The van der Waals surface area contributed by atoms with Crippen LogP contribution in [0.2, 0.25) is 0 Å². The summed E-state index contributed by atoms with van der Waals surface area (Å²) in [4.78, 5) is 0. The van der Waals surface area contributed by atoms with Gasteiger partial charge in [-0.25, -0.2) is 4.39 Å². The zero-order valence-corrected chi connectivity index (χ0v) is 11.5. The van der Waals surface area contributed by atoms with Crippen LogP contribution in [-0.4, -0.2) is 12.6 Å². The van der Waals surface area contributed by atoms with Crippen LogP contribution in [0.1, 0.15) is 51.0 Å². The van der Waals surface area contributed by atoms with E-state index in [1.807, 2.05) is 6.07 Å². The Kier molecular flexibility index (Phi) is 4.76. The third-order valence-electron chi connectivity index (χ3n) is 3.64. The minimum atomic E-state index is -0.117. The summed E-state index contributed by atoms with van der Waals surface area (Å²) < 4.78 is 13.3. The van der Waals surface area contributed by atoms with Gasteiger partial charge in [0.05, 0.1) is 0 Å². The van der Waals surface area contributed by atoms with Gasteiger partial charge in [-0.05, 0) is 48.8 Å². The van der Waals surface area contributed by atoms with Crippen molar-refractivity contribution in [2.24, 2.45) is 5.92 Å². The van der Waals surface area contributed by atoms with Crippen molar-refractivity contribution in [3.8, 4) is 0 Å². The summed E-state index contributed by atoms with van der Waals surface area (Å²) >= 11 is 0. The summed E-state index contributed by atoms with van der Waals surface area (Å²) in [5.41, 5.74) is 1.14. The second kappa shape index (κ2) is 6.33. The molecule has 2 heteroatoms. The van der Waals surface area contributed by atoms with Gasteiger partial charge in [-0.3, -0.25) is 0 Å². The molecule has 0 radical (unpaired) electrons. The fraction of sp³-hybridized carbons (Fsp3) is 0.625. The fourth-order valence-corrected chi connectivity index (χ4v) is 2.28. The van der Waals surface area contributed by atoms with Crippen molar-refractivity contribution in [2.45, 2.75) is 51.5 Å². The molecule has 1 N–H and O–H groups in total. The van der Waals surface area contributed by atoms with Gasteiger partial charge >= 0.3 is 0 Å². The molecule has 0 bridgehead atoms. The van der Waals surface area contributed by atoms with E-state index in [0.29, 0.717) is 11.8 Å². The molecular weight excluding hydrogens is 225 g/mol. The molecule has 1 aromatic rings. The van der Waals surface area contributed by atoms with Crippen LogP contribution in [0, 0.1) is 11.7 Å². The van der Waals surface area contributed by atoms with Gasteiger partial charge < -0.3 is 5.32 Å². The predicted molar refractivity (Wildman–Crippen MR) is 74.2 cm³/mol. The standard InChI is InChI=1S/C16H24FN/c1-12(2)6-7-14(11-18-16-8-9-16)13-4-3-5-15(17)10-13/h3-5,10,12,14,16,18H,6-9,11H2,1-2H3. The molecule has 0 heterocycles. The zero-order valence-electron chi connectivity index (χ0n) is 11.5. The lowest BCUT2D eigenvalue weighted by Crippen LogP contribution is -2.24. The average molecular weight is 249 g/mol. The van der Waals surface area contributed by atoms with Gasteiger partial charge in [0.15, 0.2) is 0 Å². The lowest BCUT2D eigenvalue weighted by Gasteiger charge is -2.19. The first-order chi connectivity index (χ1) is 8.65. The largest absolute Gasteiger partial charge is 0.313 e. The van der Waals surface area contributed by atoms with E-state index < -0.39 is 0 Å². The SMILES string of the molecule is CC(C)CCC(CNC1CC1)c1cccc(F)c1. The van der Waals surface area contributed by atoms with Gasteiger partial charge in [0.2, 0.25) is 0 Å². The molecule has 1 aliphatic rings. The monoisotopic (exact) mass is 249 g/mol. The van der Waals surface area contributed by atoms with Crippen molar-refractivity contribution in [1.82, 2.24) is 5.32 Å². The second-order valence-electron chi connectivity index (χ2n) is 5.91. The predicted octanol–water partition coefficient (Wildman–Crippen LogP) is 4.10. The van der Waals surface area contributed by atoms with Crippen LogP contribution >= 0.6 is 0 Å². The average Bonchev–Trinajstić information content (AvgIpc) is 3.12. The maximum atomic E-state index is 13.3. The Hall–Kier alpha value is -0.890. The van der Waals surface area contributed by atoms with Crippen LogP contribution in [0.3, 0.4) is 0 Å². The molecule has 0 amide bonds. The highest BCUT2D eigenvalue weighted by Crippen LogP contribution is 2.26. The number of rotatable bonds is 7. The molecule has 2 rings (SSSR count). The van der Waals surface area contributed by atoms with Gasteiger partial charge in [0.1, 0.15) is 5.82 Å². The van der Waals surface area contributed by atoms with E-state index >= 15 is 0 Å². The topological polar surface area (TPSA) is 12.0 Å². The summed E-state index contributed by atoms with van der Waals surface area (Å²) in [5, 5.41) is 3.58. The highest BCUT2D eigenvalue weighted by Gasteiger charge is 2.22. The van der Waals surface area contributed by atoms with Crippen LogP contribution in [0.25, 0.3) is 0 Å². The van der Waals surface area contributed by atoms with Crippen molar-refractivity contribution in [1.29, 1.82) is 0 Å². The molecule has 1 aliphatic carbocycles. The number of halogens is 1. The van der Waals surface area contributed by atoms with Crippen LogP contribution < -0.4 is 5.32 Å². The van der Waals surface area contributed by atoms with Gasteiger partial charge in [0, 0.05) is 12.6 Å². The molecule has 1 atom stereocenters. The van der Waals surface area contributed by atoms with Crippen molar-refractivity contribution >= 4 is 0 Å². The van der Waals surface area contributed by atoms with Crippen LogP contribution in [0.15, 0.2) is 24.3 Å². The van der Waals surface area contributed by atoms with Crippen molar-refractivity contribution in [3.05, 3.63) is 35.6 Å². The summed E-state index contributed by atoms with van der Waals surface area (Å²) in [6.45, 7) is 5.48. The van der Waals surface area contributed by atoms with Crippen molar-refractivity contribution < 1.29 is 4.39 Å². The number of benzene rings is 1. The minimum absolute atomic E-state index is 0.117. The summed E-state index contributed by atoms with van der Waals surface area (Å²) in [6, 6.07) is 7.82. The van der Waals surface area contributed by atoms with Crippen LogP contribution in [-0.2, 0) is 0 Å². The molecule has 1 nitrogen and oxygen atoms in total. The zero-order chi connectivity index (χ0) is 13.0. The molecular formula is C16H24FN. The van der Waals surface area contributed by atoms with E-state index in [-0.39, 0.29) is 5.82 Å². The molecule has 1 fully saturated rings. The van der Waals surface area contributed by atoms with Crippen molar-refractivity contribution in [2.75, 3.05) is 6.54 Å². The minimum Gasteiger partial charge on any atom is -0.313 e. The summed E-state index contributed by atoms with van der Waals surface area (Å²) in [7, 11) is 0. The Balaban J connectivity index is 1.96. The number of hydrogen-bond acceptors (Lipinski definition) is 1. The molecule has 18 heavy (non-hydrogen) atoms. The van der Waals surface area contributed by atoms with E-state index in [0.717, 1.165) is 24.6 Å². The maximum Gasteiger partial charge on any atom is 0.123 e. The van der Waals surface area contributed by atoms with E-state index in [9.17, 15) is 4.39 Å². The van der Waals surface area contributed by atoms with Crippen LogP contribution in [0.5, 0.6) is 0 Å². The van der Waals surface area contributed by atoms with Gasteiger partial charge in [-0.1, -0.05) is 32.4 Å². The first-order valence-electron chi connectivity index (χ1n) is 7.14. The summed E-state index contributed by atoms with van der Waals surface area (Å²) in [5.74, 6) is 1.04. The lowest BCUT2D eigenvalue weighted by molar-refractivity contribution is 0.473. The highest BCUT2D eigenvalue weighted by atomic mass is 19.1. The van der Waals surface area contributed by atoms with Gasteiger partial charge in [-0.15, -0.1) is 0 Å². The third kappa shape index (κ3) is 4.41. The third-order valence-corrected chi connectivity index (χ3v) is 3.64. The Morgan fingerprint density at radius 1 is 1.28 bits per heavy atom. The molecule has 1 saturated carbocycles. The number of nitrogens with one attached hydrogen (secondary N) is 1. The van der Waals surface area contributed by atoms with E-state index in [2.05, 4.69) is 25.2 Å². The van der Waals surface area contributed by atoms with Gasteiger partial charge in [-0.2, -0.15) is 0 Å². The van der Waals surface area contributed by atoms with E-state index in [1.165, 1.54) is 25.3 Å². The fourth-order valence-electron chi connectivity index (χ4n) is 2.28. The van der Waals surface area contributed by atoms with Crippen molar-refractivity contribution in [3.63, 3.8) is 0 Å². The first-order valence-corrected chi connectivity index (χ1v) is 7.14. The molecule has 0 aliphatic heterocycles. The first kappa shape index (κ1) is 13.5. The quantitative estimate of drug-likeness (QED) is 0.767. The Morgan fingerprint density at radius 3 is 2.67 bits per heavy atom. The summed E-state index contributed by atoms with van der Waals surface area (Å²) in [6.07, 6.45) is 4.95. The Labute approximate surface area is 110 Å². The molecule has 1 unspecified atom stereocenters. The smallest absolute Gasteiger partial charge is 0.123 e. The lowest BCUT2D eigenvalue weighted by atomic mass is 9.91. The normalized spacial score (nSPS) is 17.1. The Morgan fingerprint density at radius 2 is 2.06 bits per heavy atom. The van der Waals surface area contributed by atoms with E-state index in [1.54, 1.807) is 6.07 Å². The maximum absolute atomic E-state index is 13.3. The molecule has 1 aromatic carbocycles. The molecule has 0 aromatic heterocycles. The molecule has 0 saturated heterocycles. The van der Waals surface area contributed by atoms with E-state index in [4.69, 9.17) is 0 Å². The Bertz CT molecular complexity index is 365.